The van der Waals surface area contributed by atoms with Gasteiger partial charge in [0, 0.05) is 120 Å². The van der Waals surface area contributed by atoms with E-state index in [9.17, 15) is 15.8 Å². The van der Waals surface area contributed by atoms with Crippen LogP contribution in [-0.2, 0) is 5.41 Å². The van der Waals surface area contributed by atoms with Crippen LogP contribution in [0.4, 0.5) is 17.1 Å². The van der Waals surface area contributed by atoms with Gasteiger partial charge in [-0.2, -0.15) is 15.8 Å². The van der Waals surface area contributed by atoms with Gasteiger partial charge in [0.15, 0.2) is 0 Å². The highest BCUT2D eigenvalue weighted by molar-refractivity contribution is 6.29. The van der Waals surface area contributed by atoms with Gasteiger partial charge in [-0.1, -0.05) is 275 Å². The molecule has 0 spiro atoms. The van der Waals surface area contributed by atoms with Gasteiger partial charge in [-0.3, -0.25) is 0 Å². The van der Waals surface area contributed by atoms with E-state index in [4.69, 9.17) is 19.7 Å². The summed E-state index contributed by atoms with van der Waals surface area (Å²) in [6.07, 6.45) is 0. The average molecular weight is 1820 g/mol. The minimum absolute atomic E-state index is 0.152. The maximum Gasteiger partial charge on any atom is 0.214 e. The van der Waals surface area contributed by atoms with Crippen molar-refractivity contribution in [1.82, 2.24) is 36.5 Å². The van der Waals surface area contributed by atoms with Crippen LogP contribution in [0.2, 0.25) is 0 Å². The highest BCUT2D eigenvalue weighted by atomic mass is 15.1. The summed E-state index contributed by atoms with van der Waals surface area (Å²) in [6.45, 7) is 29.7. The fourth-order valence-electron chi connectivity index (χ4n) is 23.6. The van der Waals surface area contributed by atoms with Crippen LogP contribution in [0, 0.1) is 53.7 Å². The summed E-state index contributed by atoms with van der Waals surface area (Å²) >= 11 is 0. The molecule has 1 aliphatic carbocycles. The first-order chi connectivity index (χ1) is 70.5. The number of para-hydroxylation sites is 13. The van der Waals surface area contributed by atoms with Crippen LogP contribution >= 0.6 is 0 Å². The van der Waals surface area contributed by atoms with Gasteiger partial charge >= 0.3 is 0 Å². The molecule has 14 heteroatoms. The number of fused-ring (bicyclic) bond motifs is 28. The fraction of sp³-hybridized carbons (Fsp3) is 0.0233. The lowest BCUT2D eigenvalue weighted by Crippen LogP contribution is -2.15. The van der Waals surface area contributed by atoms with Gasteiger partial charge < -0.3 is 36.5 Å². The third kappa shape index (κ3) is 12.0. The first-order valence-corrected chi connectivity index (χ1v) is 47.6. The van der Waals surface area contributed by atoms with Crippen LogP contribution in [-0.4, -0.2) is 36.5 Å². The highest BCUT2D eigenvalue weighted by Gasteiger charge is 2.37. The van der Waals surface area contributed by atoms with E-state index >= 15 is 0 Å². The van der Waals surface area contributed by atoms with Crippen LogP contribution in [0.5, 0.6) is 0 Å². The molecular weight excluding hydrogens is 1750 g/mol. The Balaban J connectivity index is 0.000000107. The molecule has 0 unspecified atom stereocenters. The molecule has 143 heavy (non-hydrogen) atoms. The number of hydrogen-bond donors (Lipinski definition) is 0. The third-order valence-corrected chi connectivity index (χ3v) is 29.5. The lowest BCUT2D eigenvalue weighted by atomic mass is 9.82. The van der Waals surface area contributed by atoms with Crippen molar-refractivity contribution in [2.24, 2.45) is 0 Å². The quantitative estimate of drug-likeness (QED) is 0.141. The number of nitrogens with zero attached hydrogens (tertiary/aromatic N) is 14. The molecule has 8 aromatic heterocycles. The zero-order valence-corrected chi connectivity index (χ0v) is 77.2. The van der Waals surface area contributed by atoms with E-state index in [2.05, 4.69) is 380 Å². The molecule has 14 nitrogen and oxygen atoms in total. The second kappa shape index (κ2) is 31.9. The zero-order valence-electron chi connectivity index (χ0n) is 77.2. The molecule has 0 aliphatic heterocycles. The molecule has 20 aromatic carbocycles. The standard InChI is InChI=1S/2C44H25N5.C41H26N4/c1-46-37-24-30(23-28(27-45)44(37)49-40-21-11-5-15-31(40)32-16-6-12-22-41(32)49)48-39-20-10-8-18-34(39)36-25-42-35(26-43(36)48)33-17-7-9-19-38(33)47(42)29-13-3-2-4-14-29;1-46-35-26-30(25-28(27-45)44(35)49-36-19-9-5-15-31(36)32-16-6-10-20-37(32)49)48-39-22-12-8-18-34(39)43-41(48)24-23-40-42(43)33-17-7-11-21-38(33)47(40)29-13-3-2-4-14-29;1-41(2)33-16-8-4-12-27(33)31-22-32-30-15-7-9-17-36(30)44(39(32)23-34(31)41)26-20-25(24-42)40(35(21-26)43-3)45-37-18-10-5-13-28(37)29-14-6-11-19-38(29)45/h2*2-26H;4-23H,1-2H3. The topological polar surface area (TPSA) is 124 Å². The number of hydrogen-bond acceptors (Lipinski definition) is 3. The van der Waals surface area contributed by atoms with E-state index in [1.807, 2.05) is 127 Å². The molecule has 0 fully saturated rings. The fourth-order valence-corrected chi connectivity index (χ4v) is 23.6. The Labute approximate surface area is 819 Å². The van der Waals surface area contributed by atoms with E-state index in [1.54, 1.807) is 0 Å². The van der Waals surface area contributed by atoms with Gasteiger partial charge in [-0.15, -0.1) is 0 Å². The van der Waals surface area contributed by atoms with Gasteiger partial charge in [-0.05, 0) is 186 Å². The summed E-state index contributed by atoms with van der Waals surface area (Å²) in [6, 6.07) is 154. The summed E-state index contributed by atoms with van der Waals surface area (Å²) < 4.78 is 17.6. The lowest BCUT2D eigenvalue weighted by molar-refractivity contribution is 0.661. The molecule has 8 heterocycles. The summed E-state index contributed by atoms with van der Waals surface area (Å²) in [7, 11) is 0. The van der Waals surface area contributed by atoms with Crippen molar-refractivity contribution in [3.63, 3.8) is 0 Å². The van der Waals surface area contributed by atoms with Gasteiger partial charge in [0.25, 0.3) is 0 Å². The van der Waals surface area contributed by atoms with Crippen molar-refractivity contribution in [2.75, 3.05) is 0 Å². The molecule has 0 amide bonds. The lowest BCUT2D eigenvalue weighted by Gasteiger charge is -2.22. The molecule has 28 aromatic rings. The first-order valence-electron chi connectivity index (χ1n) is 47.6. The summed E-state index contributed by atoms with van der Waals surface area (Å²) in [5.41, 5.74) is 30.6. The van der Waals surface area contributed by atoms with Crippen LogP contribution in [0.1, 0.15) is 41.7 Å². The molecule has 0 saturated heterocycles. The van der Waals surface area contributed by atoms with Crippen LogP contribution < -0.4 is 0 Å². The Bertz CT molecular complexity index is 10200. The number of aromatic nitrogens is 8. The zero-order chi connectivity index (χ0) is 95.7. The van der Waals surface area contributed by atoms with Gasteiger partial charge in [0.05, 0.1) is 142 Å². The first kappa shape index (κ1) is 82.2. The third-order valence-electron chi connectivity index (χ3n) is 29.5. The number of rotatable bonds is 8. The molecule has 0 saturated carbocycles. The monoisotopic (exact) mass is 1820 g/mol. The minimum Gasteiger partial charge on any atom is -0.318 e. The molecule has 0 bridgehead atoms. The molecule has 0 atom stereocenters. The Hall–Kier alpha value is -20.3. The van der Waals surface area contributed by atoms with Crippen molar-refractivity contribution >= 4 is 192 Å². The molecule has 0 radical (unpaired) electrons. The van der Waals surface area contributed by atoms with Crippen molar-refractivity contribution in [3.05, 3.63) is 487 Å². The summed E-state index contributed by atoms with van der Waals surface area (Å²) in [4.78, 5) is 12.2. The average Bonchev–Trinajstić information content (AvgIpc) is 1.54. The van der Waals surface area contributed by atoms with Gasteiger partial charge in [0.1, 0.15) is 18.2 Å². The highest BCUT2D eigenvalue weighted by Crippen LogP contribution is 2.54. The summed E-state index contributed by atoms with van der Waals surface area (Å²) in [5.74, 6) is 0. The predicted molar refractivity (Wildman–Crippen MR) is 585 cm³/mol. The van der Waals surface area contributed by atoms with Crippen LogP contribution in [0.25, 0.3) is 246 Å². The van der Waals surface area contributed by atoms with Crippen LogP contribution in [0.3, 0.4) is 0 Å². The van der Waals surface area contributed by atoms with Crippen molar-refractivity contribution < 1.29 is 0 Å². The van der Waals surface area contributed by atoms with Gasteiger partial charge in [0.2, 0.25) is 17.1 Å². The van der Waals surface area contributed by atoms with Gasteiger partial charge in [-0.25, -0.2) is 14.5 Å². The molecular formula is C129H76N14. The second-order valence-corrected chi connectivity index (χ2v) is 37.1. The minimum atomic E-state index is -0.152. The molecule has 0 N–H and O–H groups in total. The molecule has 1 aliphatic rings. The van der Waals surface area contributed by atoms with E-state index < -0.39 is 0 Å². The van der Waals surface area contributed by atoms with E-state index in [0.29, 0.717) is 50.8 Å². The molecule has 29 rings (SSSR count). The Morgan fingerprint density at radius 1 is 0.196 bits per heavy atom. The maximum atomic E-state index is 10.7. The van der Waals surface area contributed by atoms with Crippen molar-refractivity contribution in [2.45, 2.75) is 19.3 Å². The SMILES string of the molecule is [C-]#[N+]c1cc(-n2c3ccccc3c3c4c5ccccc5n(-c5ccccc5)c4ccc32)cc(C#N)c1-n1c2ccccc2c2ccccc21.[C-]#[N+]c1cc(-n2c3ccccc3c3cc4c(cc32)C(C)(C)c2ccccc2-4)cc(C#N)c1-n1c2ccccc2c2ccccc21.[C-]#[N+]c1cc(-n2c3ccccc3c3cc4c(cc32)c2ccccc2n4-c2ccccc2)cc(C#N)c1-n1c2ccccc2c2ccccc21. The van der Waals surface area contributed by atoms with Crippen LogP contribution in [0.15, 0.2) is 425 Å². The largest absolute Gasteiger partial charge is 0.318 e. The Morgan fingerprint density at radius 3 is 0.748 bits per heavy atom. The predicted octanol–water partition coefficient (Wildman–Crippen LogP) is 33.4. The van der Waals surface area contributed by atoms with E-state index in [1.165, 1.54) is 38.4 Å². The number of nitriles is 3. The molecule has 662 valence electrons. The maximum absolute atomic E-state index is 10.7. The second-order valence-electron chi connectivity index (χ2n) is 37.1. The van der Waals surface area contributed by atoms with E-state index in [-0.39, 0.29) is 5.41 Å². The Morgan fingerprint density at radius 2 is 0.434 bits per heavy atom. The summed E-state index contributed by atoms with van der Waals surface area (Å²) in [5, 5.41) is 50.1. The number of benzene rings is 20. The normalized spacial score (nSPS) is 12.1. The van der Waals surface area contributed by atoms with Crippen molar-refractivity contribution in [3.8, 4) is 74.8 Å². The smallest absolute Gasteiger partial charge is 0.214 e. The Kier molecular flexibility index (Phi) is 18.4. The van der Waals surface area contributed by atoms with E-state index in [0.717, 1.165) is 187 Å². The van der Waals surface area contributed by atoms with Crippen molar-refractivity contribution in [1.29, 1.82) is 15.8 Å².